The molecular weight excluding hydrogens is 318 g/mol. The molecule has 0 unspecified atom stereocenters. The lowest BCUT2D eigenvalue weighted by molar-refractivity contribution is 0.0949. The van der Waals surface area contributed by atoms with Gasteiger partial charge < -0.3 is 19.2 Å². The standard InChI is InChI=1S/C19H19N3O3/c1-13-5-7-22-12-15(21-18(22)10-13)19(23)20-6-4-14-2-3-16-17(11-14)25-9-8-24-16/h2-3,5,7,10-12H,4,6,8-9H2,1H3,(H,20,23). The van der Waals surface area contributed by atoms with Crippen LogP contribution in [0.15, 0.2) is 42.7 Å². The lowest BCUT2D eigenvalue weighted by Crippen LogP contribution is -2.26. The molecule has 1 amide bonds. The molecule has 0 radical (unpaired) electrons. The topological polar surface area (TPSA) is 64.9 Å². The number of imidazole rings is 1. The lowest BCUT2D eigenvalue weighted by Gasteiger charge is -2.18. The Labute approximate surface area is 145 Å². The summed E-state index contributed by atoms with van der Waals surface area (Å²) < 4.78 is 12.9. The molecule has 2 aromatic heterocycles. The van der Waals surface area contributed by atoms with Gasteiger partial charge in [0.2, 0.25) is 0 Å². The number of hydrogen-bond donors (Lipinski definition) is 1. The van der Waals surface area contributed by atoms with E-state index in [1.54, 1.807) is 6.20 Å². The molecule has 1 aliphatic heterocycles. The third-order valence-electron chi connectivity index (χ3n) is 4.15. The number of pyridine rings is 1. The Hall–Kier alpha value is -3.02. The lowest BCUT2D eigenvalue weighted by atomic mass is 10.1. The first-order valence-corrected chi connectivity index (χ1v) is 8.31. The minimum atomic E-state index is -0.168. The van der Waals surface area contributed by atoms with Crippen LogP contribution in [0.3, 0.4) is 0 Å². The highest BCUT2D eigenvalue weighted by Crippen LogP contribution is 2.30. The summed E-state index contributed by atoms with van der Waals surface area (Å²) >= 11 is 0. The van der Waals surface area contributed by atoms with Crippen LogP contribution in [0.2, 0.25) is 0 Å². The summed E-state index contributed by atoms with van der Waals surface area (Å²) in [7, 11) is 0. The molecule has 3 heterocycles. The molecule has 0 atom stereocenters. The normalized spacial score (nSPS) is 13.0. The van der Waals surface area contributed by atoms with Crippen LogP contribution in [-0.4, -0.2) is 35.1 Å². The maximum Gasteiger partial charge on any atom is 0.271 e. The zero-order valence-corrected chi connectivity index (χ0v) is 14.0. The number of rotatable bonds is 4. The number of aryl methyl sites for hydroxylation is 1. The molecule has 3 aromatic rings. The molecule has 1 aliphatic rings. The fourth-order valence-electron chi connectivity index (χ4n) is 2.85. The molecule has 0 spiro atoms. The zero-order valence-electron chi connectivity index (χ0n) is 14.0. The van der Waals surface area contributed by atoms with Gasteiger partial charge in [-0.25, -0.2) is 4.98 Å². The second-order valence-electron chi connectivity index (χ2n) is 6.08. The van der Waals surface area contributed by atoms with Gasteiger partial charge in [0.1, 0.15) is 24.6 Å². The highest BCUT2D eigenvalue weighted by Gasteiger charge is 2.13. The molecule has 128 valence electrons. The van der Waals surface area contributed by atoms with Crippen molar-refractivity contribution in [2.75, 3.05) is 19.8 Å². The molecule has 0 fully saturated rings. The predicted octanol–water partition coefficient (Wildman–Crippen LogP) is 2.39. The van der Waals surface area contributed by atoms with Crippen molar-refractivity contribution < 1.29 is 14.3 Å². The molecule has 0 bridgehead atoms. The highest BCUT2D eigenvalue weighted by molar-refractivity contribution is 5.92. The number of benzene rings is 1. The second-order valence-corrected chi connectivity index (χ2v) is 6.08. The number of carbonyl (C=O) groups is 1. The molecule has 1 N–H and O–H groups in total. The summed E-state index contributed by atoms with van der Waals surface area (Å²) in [6.45, 7) is 3.69. The molecule has 0 aliphatic carbocycles. The number of carbonyl (C=O) groups excluding carboxylic acids is 1. The molecule has 25 heavy (non-hydrogen) atoms. The van der Waals surface area contributed by atoms with E-state index in [0.717, 1.165) is 34.7 Å². The molecule has 4 rings (SSSR count). The number of nitrogens with zero attached hydrogens (tertiary/aromatic N) is 2. The van der Waals surface area contributed by atoms with Crippen molar-refractivity contribution in [3.63, 3.8) is 0 Å². The Bertz CT molecular complexity index is 933. The van der Waals surface area contributed by atoms with Crippen molar-refractivity contribution in [3.05, 3.63) is 59.5 Å². The van der Waals surface area contributed by atoms with Crippen LogP contribution in [-0.2, 0) is 6.42 Å². The van der Waals surface area contributed by atoms with Crippen molar-refractivity contribution in [3.8, 4) is 11.5 Å². The van der Waals surface area contributed by atoms with Crippen molar-refractivity contribution >= 4 is 11.6 Å². The van der Waals surface area contributed by atoms with Crippen molar-refractivity contribution in [1.82, 2.24) is 14.7 Å². The third kappa shape index (κ3) is 3.28. The SMILES string of the molecule is Cc1ccn2cc(C(=O)NCCc3ccc4c(c3)OCCO4)nc2c1. The first-order valence-electron chi connectivity index (χ1n) is 8.31. The quantitative estimate of drug-likeness (QED) is 0.794. The Morgan fingerprint density at radius 1 is 1.20 bits per heavy atom. The Kier molecular flexibility index (Phi) is 4.01. The molecule has 6 heteroatoms. The molecule has 6 nitrogen and oxygen atoms in total. The summed E-state index contributed by atoms with van der Waals surface area (Å²) in [5.74, 6) is 1.38. The number of fused-ring (bicyclic) bond motifs is 2. The van der Waals surface area contributed by atoms with Crippen LogP contribution >= 0.6 is 0 Å². The van der Waals surface area contributed by atoms with Crippen molar-refractivity contribution in [2.24, 2.45) is 0 Å². The maximum absolute atomic E-state index is 12.3. The number of aromatic nitrogens is 2. The third-order valence-corrected chi connectivity index (χ3v) is 4.15. The Balaban J connectivity index is 1.38. The van der Waals surface area contributed by atoms with Crippen LogP contribution < -0.4 is 14.8 Å². The minimum absolute atomic E-state index is 0.168. The molecular formula is C19H19N3O3. The zero-order chi connectivity index (χ0) is 17.2. The highest BCUT2D eigenvalue weighted by atomic mass is 16.6. The summed E-state index contributed by atoms with van der Waals surface area (Å²) in [5.41, 5.74) is 3.41. The van der Waals surface area contributed by atoms with Gasteiger partial charge in [0.15, 0.2) is 11.5 Å². The average molecular weight is 337 g/mol. The number of hydrogen-bond acceptors (Lipinski definition) is 4. The average Bonchev–Trinajstić information content (AvgIpc) is 3.05. The number of nitrogens with one attached hydrogen (secondary N) is 1. The smallest absolute Gasteiger partial charge is 0.271 e. The van der Waals surface area contributed by atoms with Gasteiger partial charge in [0.05, 0.1) is 0 Å². The minimum Gasteiger partial charge on any atom is -0.486 e. The van der Waals surface area contributed by atoms with E-state index in [4.69, 9.17) is 9.47 Å². The number of ether oxygens (including phenoxy) is 2. The van der Waals surface area contributed by atoms with Gasteiger partial charge >= 0.3 is 0 Å². The van der Waals surface area contributed by atoms with Gasteiger partial charge in [-0.15, -0.1) is 0 Å². The van der Waals surface area contributed by atoms with E-state index in [1.807, 2.05) is 47.9 Å². The Morgan fingerprint density at radius 2 is 2.04 bits per heavy atom. The van der Waals surface area contributed by atoms with E-state index in [9.17, 15) is 4.79 Å². The fourth-order valence-corrected chi connectivity index (χ4v) is 2.85. The van der Waals surface area contributed by atoms with Crippen LogP contribution in [0, 0.1) is 6.92 Å². The van der Waals surface area contributed by atoms with Crippen LogP contribution in [0.4, 0.5) is 0 Å². The van der Waals surface area contributed by atoms with Crippen LogP contribution in [0.5, 0.6) is 11.5 Å². The second kappa shape index (κ2) is 6.47. The first-order chi connectivity index (χ1) is 12.2. The molecule has 1 aromatic carbocycles. The van der Waals surface area contributed by atoms with E-state index in [-0.39, 0.29) is 5.91 Å². The summed E-state index contributed by atoms with van der Waals surface area (Å²) in [5, 5.41) is 2.92. The van der Waals surface area contributed by atoms with Gasteiger partial charge in [0.25, 0.3) is 5.91 Å². The van der Waals surface area contributed by atoms with Crippen LogP contribution in [0.1, 0.15) is 21.6 Å². The van der Waals surface area contributed by atoms with Crippen LogP contribution in [0.25, 0.3) is 5.65 Å². The summed E-state index contributed by atoms with van der Waals surface area (Å²) in [6, 6.07) is 9.81. The van der Waals surface area contributed by atoms with Gasteiger partial charge in [-0.2, -0.15) is 0 Å². The maximum atomic E-state index is 12.3. The first kappa shape index (κ1) is 15.5. The van der Waals surface area contributed by atoms with E-state index >= 15 is 0 Å². The van der Waals surface area contributed by atoms with Gasteiger partial charge in [0, 0.05) is 18.9 Å². The van der Waals surface area contributed by atoms with Gasteiger partial charge in [-0.3, -0.25) is 4.79 Å². The fraction of sp³-hybridized carbons (Fsp3) is 0.263. The van der Waals surface area contributed by atoms with Gasteiger partial charge in [-0.05, 0) is 48.7 Å². The van der Waals surface area contributed by atoms with E-state index in [0.29, 0.717) is 25.5 Å². The molecule has 0 saturated carbocycles. The monoisotopic (exact) mass is 337 g/mol. The summed E-state index contributed by atoms with van der Waals surface area (Å²) in [6.07, 6.45) is 4.37. The van der Waals surface area contributed by atoms with Crippen molar-refractivity contribution in [2.45, 2.75) is 13.3 Å². The molecule has 0 saturated heterocycles. The largest absolute Gasteiger partial charge is 0.486 e. The Morgan fingerprint density at radius 3 is 2.92 bits per heavy atom. The van der Waals surface area contributed by atoms with Crippen molar-refractivity contribution in [1.29, 1.82) is 0 Å². The van der Waals surface area contributed by atoms with E-state index in [1.165, 1.54) is 0 Å². The predicted molar refractivity (Wildman–Crippen MR) is 93.4 cm³/mol. The number of amides is 1. The summed E-state index contributed by atoms with van der Waals surface area (Å²) in [4.78, 5) is 16.7. The van der Waals surface area contributed by atoms with E-state index in [2.05, 4.69) is 10.3 Å². The van der Waals surface area contributed by atoms with E-state index < -0.39 is 0 Å². The van der Waals surface area contributed by atoms with Gasteiger partial charge in [-0.1, -0.05) is 6.07 Å².